The van der Waals surface area contributed by atoms with Crippen LogP contribution in [0.2, 0.25) is 0 Å². The summed E-state index contributed by atoms with van der Waals surface area (Å²) in [6.07, 6.45) is 0.369. The summed E-state index contributed by atoms with van der Waals surface area (Å²) in [5.74, 6) is 0.921. The highest BCUT2D eigenvalue weighted by atomic mass is 79.9. The lowest BCUT2D eigenvalue weighted by molar-refractivity contribution is -0.127. The van der Waals surface area contributed by atoms with Crippen LogP contribution in [0.25, 0.3) is 0 Å². The Balaban J connectivity index is 2.98. The lowest BCUT2D eigenvalue weighted by atomic mass is 9.92. The molecule has 1 rings (SSSR count). The van der Waals surface area contributed by atoms with Crippen molar-refractivity contribution >= 4 is 21.7 Å². The molecule has 0 N–H and O–H groups in total. The Labute approximate surface area is 117 Å². The highest BCUT2D eigenvalue weighted by Crippen LogP contribution is 2.25. The largest absolute Gasteiger partial charge is 0.496 e. The number of carbonyl (C=O) groups is 1. The number of benzene rings is 1. The maximum atomic E-state index is 12.3. The number of nitrogens with zero attached hydrogens (tertiary/aromatic N) is 1. The number of halogens is 1. The van der Waals surface area contributed by atoms with Crippen molar-refractivity contribution in [2.24, 2.45) is 0 Å². The molecule has 0 unspecified atom stereocenters. The monoisotopic (exact) mass is 313 g/mol. The molecule has 1 aromatic carbocycles. The van der Waals surface area contributed by atoms with Gasteiger partial charge in [-0.25, -0.2) is 0 Å². The van der Waals surface area contributed by atoms with Gasteiger partial charge >= 0.3 is 0 Å². The predicted octanol–water partition coefficient (Wildman–Crippen LogP) is 2.91. The molecule has 0 amide bonds. The van der Waals surface area contributed by atoms with Gasteiger partial charge in [0, 0.05) is 16.5 Å². The molecule has 100 valence electrons. The number of likely N-dealkylation sites (N-methyl/N-ethyl adjacent to an activating group) is 1. The fraction of sp³-hybridized carbons (Fsp3) is 0.500. The Kier molecular flexibility index (Phi) is 4.93. The van der Waals surface area contributed by atoms with Gasteiger partial charge in [0.25, 0.3) is 0 Å². The van der Waals surface area contributed by atoms with Gasteiger partial charge < -0.3 is 4.74 Å². The first-order valence-electron chi connectivity index (χ1n) is 5.82. The summed E-state index contributed by atoms with van der Waals surface area (Å²) < 4.78 is 6.24. The number of Topliss-reactive ketones (excluding diaryl/α,β-unsaturated/α-hetero) is 1. The average Bonchev–Trinajstić information content (AvgIpc) is 2.29. The number of hydrogen-bond acceptors (Lipinski definition) is 3. The molecule has 4 heteroatoms. The van der Waals surface area contributed by atoms with Gasteiger partial charge in [-0.15, -0.1) is 0 Å². The second-order valence-electron chi connectivity index (χ2n) is 5.01. The summed E-state index contributed by atoms with van der Waals surface area (Å²) in [4.78, 5) is 14.3. The summed E-state index contributed by atoms with van der Waals surface area (Å²) in [6.45, 7) is 3.86. The molecule has 0 aliphatic heterocycles. The van der Waals surface area contributed by atoms with Gasteiger partial charge in [0.1, 0.15) is 5.75 Å². The van der Waals surface area contributed by atoms with E-state index < -0.39 is 5.54 Å². The summed E-state index contributed by atoms with van der Waals surface area (Å²) in [5.41, 5.74) is 0.430. The van der Waals surface area contributed by atoms with Gasteiger partial charge in [-0.3, -0.25) is 9.69 Å². The highest BCUT2D eigenvalue weighted by molar-refractivity contribution is 9.10. The van der Waals surface area contributed by atoms with E-state index in [1.807, 2.05) is 51.0 Å². The number of ketones is 1. The average molecular weight is 314 g/mol. The van der Waals surface area contributed by atoms with E-state index in [2.05, 4.69) is 15.9 Å². The minimum absolute atomic E-state index is 0.170. The van der Waals surface area contributed by atoms with Crippen LogP contribution in [0.1, 0.15) is 19.4 Å². The fourth-order valence-corrected chi connectivity index (χ4v) is 1.93. The van der Waals surface area contributed by atoms with Crippen molar-refractivity contribution in [3.05, 3.63) is 28.2 Å². The minimum Gasteiger partial charge on any atom is -0.496 e. The topological polar surface area (TPSA) is 29.5 Å². The molecule has 0 fully saturated rings. The van der Waals surface area contributed by atoms with Crippen LogP contribution in [0.4, 0.5) is 0 Å². The lowest BCUT2D eigenvalue weighted by Crippen LogP contribution is -2.46. The van der Waals surface area contributed by atoms with Crippen molar-refractivity contribution < 1.29 is 9.53 Å². The molecule has 0 aromatic heterocycles. The molecule has 0 heterocycles. The molecule has 0 aliphatic rings. The van der Waals surface area contributed by atoms with Crippen LogP contribution in [0, 0.1) is 0 Å². The van der Waals surface area contributed by atoms with E-state index in [-0.39, 0.29) is 5.78 Å². The number of carbonyl (C=O) groups excluding carboxylic acids is 1. The Bertz CT molecular complexity index is 441. The van der Waals surface area contributed by atoms with Crippen LogP contribution in [-0.4, -0.2) is 37.4 Å². The van der Waals surface area contributed by atoms with Crippen molar-refractivity contribution in [3.63, 3.8) is 0 Å². The Morgan fingerprint density at radius 1 is 1.39 bits per heavy atom. The van der Waals surface area contributed by atoms with Crippen LogP contribution in [0.15, 0.2) is 22.7 Å². The molecule has 18 heavy (non-hydrogen) atoms. The standard InChI is InChI=1S/C14H20BrNO2/c1-14(2,16(3)4)13(17)9-10-8-11(15)6-7-12(10)18-5/h6-8H,9H2,1-5H3. The van der Waals surface area contributed by atoms with Crippen molar-refractivity contribution in [2.45, 2.75) is 25.8 Å². The molecule has 0 aliphatic carbocycles. The third-order valence-electron chi connectivity index (χ3n) is 3.39. The highest BCUT2D eigenvalue weighted by Gasteiger charge is 2.30. The van der Waals surface area contributed by atoms with Crippen molar-refractivity contribution in [1.82, 2.24) is 4.90 Å². The second-order valence-corrected chi connectivity index (χ2v) is 5.93. The van der Waals surface area contributed by atoms with E-state index in [1.165, 1.54) is 0 Å². The lowest BCUT2D eigenvalue weighted by Gasteiger charge is -2.31. The van der Waals surface area contributed by atoms with Crippen LogP contribution < -0.4 is 4.74 Å². The number of hydrogen-bond donors (Lipinski definition) is 0. The zero-order chi connectivity index (χ0) is 13.9. The molecule has 0 bridgehead atoms. The third kappa shape index (κ3) is 3.33. The van der Waals surface area contributed by atoms with Crippen LogP contribution in [0.3, 0.4) is 0 Å². The zero-order valence-electron chi connectivity index (χ0n) is 11.6. The first kappa shape index (κ1) is 15.2. The summed E-state index contributed by atoms with van der Waals surface area (Å²) in [6, 6.07) is 5.71. The van der Waals surface area contributed by atoms with E-state index in [0.717, 1.165) is 15.8 Å². The third-order valence-corrected chi connectivity index (χ3v) is 3.89. The molecule has 1 aromatic rings. The Hall–Kier alpha value is -0.870. The van der Waals surface area contributed by atoms with Gasteiger partial charge in [0.05, 0.1) is 12.6 Å². The van der Waals surface area contributed by atoms with E-state index in [1.54, 1.807) is 7.11 Å². The second kappa shape index (κ2) is 5.85. The van der Waals surface area contributed by atoms with Gasteiger partial charge in [-0.1, -0.05) is 15.9 Å². The van der Waals surface area contributed by atoms with E-state index >= 15 is 0 Å². The minimum atomic E-state index is -0.479. The van der Waals surface area contributed by atoms with Gasteiger partial charge in [0.2, 0.25) is 0 Å². The maximum Gasteiger partial charge on any atom is 0.156 e. The van der Waals surface area contributed by atoms with Crippen LogP contribution in [-0.2, 0) is 11.2 Å². The summed E-state index contributed by atoms with van der Waals surface area (Å²) >= 11 is 3.42. The van der Waals surface area contributed by atoms with E-state index in [0.29, 0.717) is 6.42 Å². The molecule has 3 nitrogen and oxygen atoms in total. The maximum absolute atomic E-state index is 12.3. The number of rotatable bonds is 5. The summed E-state index contributed by atoms with van der Waals surface area (Å²) in [5, 5.41) is 0. The number of ether oxygens (including phenoxy) is 1. The van der Waals surface area contributed by atoms with Crippen molar-refractivity contribution in [3.8, 4) is 5.75 Å². The van der Waals surface area contributed by atoms with Crippen LogP contribution in [0.5, 0.6) is 5.75 Å². The molecule has 0 atom stereocenters. The first-order chi connectivity index (χ1) is 8.28. The van der Waals surface area contributed by atoms with Gasteiger partial charge in [-0.05, 0) is 46.1 Å². The molecular formula is C14H20BrNO2. The van der Waals surface area contributed by atoms with Gasteiger partial charge in [0.15, 0.2) is 5.78 Å². The fourth-order valence-electron chi connectivity index (χ4n) is 1.52. The molecule has 0 saturated heterocycles. The molecule has 0 spiro atoms. The summed E-state index contributed by atoms with van der Waals surface area (Å²) in [7, 11) is 5.44. The van der Waals surface area contributed by atoms with Gasteiger partial charge in [-0.2, -0.15) is 0 Å². The molecular weight excluding hydrogens is 294 g/mol. The van der Waals surface area contributed by atoms with E-state index in [4.69, 9.17) is 4.74 Å². The van der Waals surface area contributed by atoms with Crippen LogP contribution >= 0.6 is 15.9 Å². The molecule has 0 radical (unpaired) electrons. The zero-order valence-corrected chi connectivity index (χ0v) is 13.2. The SMILES string of the molecule is COc1ccc(Br)cc1CC(=O)C(C)(C)N(C)C. The Morgan fingerprint density at radius 2 is 2.00 bits per heavy atom. The quantitative estimate of drug-likeness (QED) is 0.837. The predicted molar refractivity (Wildman–Crippen MR) is 77.2 cm³/mol. The van der Waals surface area contributed by atoms with Crippen molar-refractivity contribution in [1.29, 1.82) is 0 Å². The first-order valence-corrected chi connectivity index (χ1v) is 6.61. The van der Waals surface area contributed by atoms with Crippen molar-refractivity contribution in [2.75, 3.05) is 21.2 Å². The van der Waals surface area contributed by atoms with E-state index in [9.17, 15) is 4.79 Å². The molecule has 0 saturated carbocycles. The normalized spacial score (nSPS) is 11.7. The Morgan fingerprint density at radius 3 is 2.50 bits per heavy atom. The smallest absolute Gasteiger partial charge is 0.156 e. The number of methoxy groups -OCH3 is 1.